The van der Waals surface area contributed by atoms with Crippen molar-refractivity contribution in [1.29, 1.82) is 0 Å². The van der Waals surface area contributed by atoms with Gasteiger partial charge in [0.2, 0.25) is 5.43 Å². The molecule has 1 aromatic heterocycles. The van der Waals surface area contributed by atoms with E-state index >= 15 is 0 Å². The van der Waals surface area contributed by atoms with Crippen LogP contribution in [0.3, 0.4) is 0 Å². The Bertz CT molecular complexity index is 901. The van der Waals surface area contributed by atoms with Crippen LogP contribution in [0.1, 0.15) is 32.8 Å². The number of carbonyl (C=O) groups is 3. The van der Waals surface area contributed by atoms with Gasteiger partial charge in [-0.15, -0.1) is 0 Å². The average molecular weight is 361 g/mol. The molecule has 0 amide bonds. The van der Waals surface area contributed by atoms with Crippen molar-refractivity contribution in [2.75, 3.05) is 7.11 Å². The first kappa shape index (κ1) is 19.0. The van der Waals surface area contributed by atoms with Crippen LogP contribution >= 0.6 is 0 Å². The van der Waals surface area contributed by atoms with E-state index in [1.807, 2.05) is 0 Å². The number of esters is 1. The van der Waals surface area contributed by atoms with Gasteiger partial charge < -0.3 is 19.2 Å². The van der Waals surface area contributed by atoms with Crippen LogP contribution in [0.4, 0.5) is 4.39 Å². The first-order valence-electron chi connectivity index (χ1n) is 7.65. The number of ketones is 1. The monoisotopic (exact) mass is 361 g/mol. The zero-order valence-corrected chi connectivity index (χ0v) is 13.9. The number of hydrogen-bond donors (Lipinski definition) is 1. The van der Waals surface area contributed by atoms with Crippen molar-refractivity contribution in [3.05, 3.63) is 63.3 Å². The normalized spacial score (nSPS) is 10.4. The highest BCUT2D eigenvalue weighted by Gasteiger charge is 2.24. The third-order valence-electron chi connectivity index (χ3n) is 3.76. The maximum absolute atomic E-state index is 12.9. The number of benzene rings is 1. The number of hydrogen-bond acceptors (Lipinski definition) is 6. The summed E-state index contributed by atoms with van der Waals surface area (Å²) >= 11 is 0. The van der Waals surface area contributed by atoms with Crippen LogP contribution in [-0.4, -0.2) is 34.8 Å². The molecule has 0 saturated heterocycles. The standard InChI is InChI=1S/C18H16FNO6/c1-26-18(25)15-17(24)16(23)13(10-20(15)8-9-21)14(22)7-4-11-2-5-12(19)6-3-11/h2-3,5-6,9-10,24H,4,7-8H2,1H3. The van der Waals surface area contributed by atoms with Crippen LogP contribution in [0.2, 0.25) is 0 Å². The molecule has 0 aliphatic carbocycles. The van der Waals surface area contributed by atoms with Gasteiger partial charge in [-0.1, -0.05) is 12.1 Å². The lowest BCUT2D eigenvalue weighted by Crippen LogP contribution is -2.24. The molecular weight excluding hydrogens is 345 g/mol. The zero-order valence-electron chi connectivity index (χ0n) is 13.9. The largest absolute Gasteiger partial charge is 0.502 e. The Morgan fingerprint density at radius 1 is 1.27 bits per heavy atom. The molecule has 0 fully saturated rings. The van der Waals surface area contributed by atoms with Gasteiger partial charge in [0.25, 0.3) is 0 Å². The van der Waals surface area contributed by atoms with E-state index in [4.69, 9.17) is 0 Å². The minimum absolute atomic E-state index is 0.0705. The Kier molecular flexibility index (Phi) is 6.00. The number of halogens is 1. The average Bonchev–Trinajstić information content (AvgIpc) is 2.63. The summed E-state index contributed by atoms with van der Waals surface area (Å²) in [7, 11) is 1.05. The zero-order chi connectivity index (χ0) is 19.3. The molecule has 0 aliphatic rings. The van der Waals surface area contributed by atoms with Crippen molar-refractivity contribution < 1.29 is 28.6 Å². The van der Waals surface area contributed by atoms with Crippen molar-refractivity contribution in [3.8, 4) is 5.75 Å². The van der Waals surface area contributed by atoms with Crippen molar-refractivity contribution in [2.24, 2.45) is 0 Å². The van der Waals surface area contributed by atoms with Gasteiger partial charge >= 0.3 is 5.97 Å². The maximum Gasteiger partial charge on any atom is 0.358 e. The second kappa shape index (κ2) is 8.19. The predicted octanol–water partition coefficient (Wildman–Crippen LogP) is 1.49. The number of methoxy groups -OCH3 is 1. The smallest absolute Gasteiger partial charge is 0.358 e. The molecule has 0 bridgehead atoms. The van der Waals surface area contributed by atoms with Gasteiger partial charge in [-0.3, -0.25) is 9.59 Å². The summed E-state index contributed by atoms with van der Waals surface area (Å²) < 4.78 is 18.4. The van der Waals surface area contributed by atoms with E-state index in [-0.39, 0.29) is 24.9 Å². The number of aldehydes is 1. The summed E-state index contributed by atoms with van der Waals surface area (Å²) in [5.74, 6) is -2.94. The first-order valence-corrected chi connectivity index (χ1v) is 7.65. The third-order valence-corrected chi connectivity index (χ3v) is 3.76. The van der Waals surface area contributed by atoms with Crippen molar-refractivity contribution in [1.82, 2.24) is 4.57 Å². The number of Topliss-reactive ketones (excluding diaryl/α,β-unsaturated/α-hetero) is 1. The molecule has 0 spiro atoms. The summed E-state index contributed by atoms with van der Waals surface area (Å²) in [5.41, 5.74) is -1.17. The van der Waals surface area contributed by atoms with E-state index in [0.717, 1.165) is 17.9 Å². The number of nitrogens with zero attached hydrogens (tertiary/aromatic N) is 1. The van der Waals surface area contributed by atoms with Crippen LogP contribution in [0, 0.1) is 5.82 Å². The summed E-state index contributed by atoms with van der Waals surface area (Å²) in [4.78, 5) is 47.1. The van der Waals surface area contributed by atoms with Gasteiger partial charge in [-0.05, 0) is 24.1 Å². The van der Waals surface area contributed by atoms with Crippen molar-refractivity contribution in [2.45, 2.75) is 19.4 Å². The maximum atomic E-state index is 12.9. The molecule has 1 aromatic carbocycles. The van der Waals surface area contributed by atoms with Crippen LogP contribution in [0.5, 0.6) is 5.75 Å². The molecule has 8 heteroatoms. The molecule has 1 heterocycles. The third kappa shape index (κ3) is 4.02. The van der Waals surface area contributed by atoms with Crippen molar-refractivity contribution in [3.63, 3.8) is 0 Å². The highest BCUT2D eigenvalue weighted by atomic mass is 19.1. The predicted molar refractivity (Wildman–Crippen MR) is 88.8 cm³/mol. The molecule has 2 aromatic rings. The highest BCUT2D eigenvalue weighted by Crippen LogP contribution is 2.16. The van der Waals surface area contributed by atoms with Crippen LogP contribution in [-0.2, 0) is 22.5 Å². The quantitative estimate of drug-likeness (QED) is 0.455. The number of rotatable bonds is 7. The number of ether oxygens (including phenoxy) is 1. The second-order valence-electron chi connectivity index (χ2n) is 5.43. The lowest BCUT2D eigenvalue weighted by Gasteiger charge is -2.12. The number of pyridine rings is 1. The SMILES string of the molecule is COC(=O)c1c(O)c(=O)c(C(=O)CCc2ccc(F)cc2)cn1CC=O. The summed E-state index contributed by atoms with van der Waals surface area (Å²) in [5, 5.41) is 10.0. The van der Waals surface area contributed by atoms with Crippen molar-refractivity contribution >= 4 is 18.0 Å². The Labute approximate surface area is 147 Å². The van der Waals surface area contributed by atoms with Gasteiger partial charge in [-0.25, -0.2) is 9.18 Å². The van der Waals surface area contributed by atoms with Gasteiger partial charge in [0.15, 0.2) is 17.2 Å². The molecule has 0 saturated carbocycles. The van der Waals surface area contributed by atoms with Gasteiger partial charge in [0, 0.05) is 12.6 Å². The second-order valence-corrected chi connectivity index (χ2v) is 5.43. The van der Waals surface area contributed by atoms with Crippen LogP contribution < -0.4 is 5.43 Å². The minimum atomic E-state index is -1.02. The Morgan fingerprint density at radius 3 is 2.50 bits per heavy atom. The van der Waals surface area contributed by atoms with Crippen LogP contribution in [0.15, 0.2) is 35.3 Å². The molecule has 1 N–H and O–H groups in total. The van der Waals surface area contributed by atoms with E-state index in [2.05, 4.69) is 4.74 Å². The van der Waals surface area contributed by atoms with Gasteiger partial charge in [0.05, 0.1) is 19.2 Å². The van der Waals surface area contributed by atoms with E-state index in [0.29, 0.717) is 11.8 Å². The molecule has 26 heavy (non-hydrogen) atoms. The fraction of sp³-hybridized carbons (Fsp3) is 0.222. The van der Waals surface area contributed by atoms with Gasteiger partial charge in [-0.2, -0.15) is 0 Å². The number of aromatic hydroxyl groups is 1. The fourth-order valence-electron chi connectivity index (χ4n) is 2.43. The lowest BCUT2D eigenvalue weighted by molar-refractivity contribution is -0.108. The molecule has 0 radical (unpaired) electrons. The molecule has 136 valence electrons. The Balaban J connectivity index is 2.34. The van der Waals surface area contributed by atoms with E-state index in [1.165, 1.54) is 24.3 Å². The number of aryl methyl sites for hydroxylation is 1. The van der Waals surface area contributed by atoms with Gasteiger partial charge in [0.1, 0.15) is 12.1 Å². The van der Waals surface area contributed by atoms with E-state index < -0.39 is 34.4 Å². The summed E-state index contributed by atoms with van der Waals surface area (Å²) in [6.07, 6.45) is 1.68. The first-order chi connectivity index (χ1) is 12.4. The molecule has 7 nitrogen and oxygen atoms in total. The van der Waals surface area contributed by atoms with E-state index in [9.17, 15) is 28.7 Å². The molecular formula is C18H16FNO6. The minimum Gasteiger partial charge on any atom is -0.502 e. The summed E-state index contributed by atoms with van der Waals surface area (Å²) in [6.45, 7) is -0.351. The number of aromatic nitrogens is 1. The molecule has 2 rings (SSSR count). The highest BCUT2D eigenvalue weighted by molar-refractivity contribution is 5.98. The van der Waals surface area contributed by atoms with Crippen LogP contribution in [0.25, 0.3) is 0 Å². The Hall–Kier alpha value is -3.29. The van der Waals surface area contributed by atoms with E-state index in [1.54, 1.807) is 0 Å². The topological polar surface area (TPSA) is 103 Å². The lowest BCUT2D eigenvalue weighted by atomic mass is 10.0. The Morgan fingerprint density at radius 2 is 1.92 bits per heavy atom. The molecule has 0 unspecified atom stereocenters. The molecule has 0 atom stereocenters. The number of carbonyl (C=O) groups excluding carboxylic acids is 3. The molecule has 0 aliphatic heterocycles. The fourth-order valence-corrected chi connectivity index (χ4v) is 2.43. The summed E-state index contributed by atoms with van der Waals surface area (Å²) in [6, 6.07) is 5.55.